The molecule has 3 fully saturated rings. The Morgan fingerprint density at radius 3 is 2.39 bits per heavy atom. The lowest BCUT2D eigenvalue weighted by Gasteiger charge is -2.22. The number of carbonyl (C=O) groups excluding carboxylic acids is 1. The molecule has 1 heterocycles. The summed E-state index contributed by atoms with van der Waals surface area (Å²) in [7, 11) is -3.32. The van der Waals surface area contributed by atoms with Crippen molar-refractivity contribution in [2.24, 2.45) is 5.92 Å². The molecular formula is C28H36N2O5S. The number of aliphatic hydroxyl groups excluding tert-OH is 1. The molecule has 36 heavy (non-hydrogen) atoms. The molecule has 3 aliphatic carbocycles. The summed E-state index contributed by atoms with van der Waals surface area (Å²) < 4.78 is 26.2. The Hall–Kier alpha value is -2.16. The molecule has 8 heteroatoms. The Labute approximate surface area is 213 Å². The zero-order chi connectivity index (χ0) is 25.7. The van der Waals surface area contributed by atoms with Crippen LogP contribution in [-0.2, 0) is 26.7 Å². The van der Waals surface area contributed by atoms with Crippen LogP contribution in [0.5, 0.6) is 0 Å². The molecule has 194 valence electrons. The lowest BCUT2D eigenvalue weighted by Crippen LogP contribution is -2.21. The number of Topliss-reactive ketones (excluding diaryl/α,β-unsaturated/α-hetero) is 1. The largest absolute Gasteiger partial charge is 0.393 e. The summed E-state index contributed by atoms with van der Waals surface area (Å²) in [5.41, 5.74) is 1.61. The number of hydrogen-bond donors (Lipinski definition) is 2. The SMILES string of the molecule is CC(C)(O)c1cnc(CC(=O)[C@H](C[C@H]2CCC(O)C2)c2ccc(S(=O)(=O)C3CC3)c(C3CC3)c2)cn1. The number of nitrogens with zero attached hydrogens (tertiary/aromatic N) is 2. The summed E-state index contributed by atoms with van der Waals surface area (Å²) in [5.74, 6) is 0.113. The molecular weight excluding hydrogens is 476 g/mol. The first-order valence-corrected chi connectivity index (χ1v) is 14.7. The van der Waals surface area contributed by atoms with Crippen LogP contribution in [0.2, 0.25) is 0 Å². The first kappa shape index (κ1) is 25.5. The number of aromatic nitrogens is 2. The summed E-state index contributed by atoms with van der Waals surface area (Å²) in [6.07, 6.45) is 9.21. The Morgan fingerprint density at radius 1 is 1.08 bits per heavy atom. The molecule has 0 spiro atoms. The van der Waals surface area contributed by atoms with Crippen LogP contribution in [0.15, 0.2) is 35.5 Å². The Kier molecular flexibility index (Phi) is 6.81. The van der Waals surface area contributed by atoms with Gasteiger partial charge in [0.15, 0.2) is 9.84 Å². The van der Waals surface area contributed by atoms with Crippen LogP contribution in [0.3, 0.4) is 0 Å². The molecule has 0 saturated heterocycles. The highest BCUT2D eigenvalue weighted by atomic mass is 32.2. The van der Waals surface area contributed by atoms with E-state index in [1.807, 2.05) is 12.1 Å². The molecule has 0 aliphatic heterocycles. The maximum atomic E-state index is 13.7. The van der Waals surface area contributed by atoms with Crippen molar-refractivity contribution < 1.29 is 23.4 Å². The lowest BCUT2D eigenvalue weighted by molar-refractivity contribution is -0.120. The second kappa shape index (κ2) is 9.62. The van der Waals surface area contributed by atoms with Crippen LogP contribution in [0.1, 0.15) is 99.6 Å². The standard InChI is InChI=1S/C28H36N2O5S/c1-28(2,33)27-16-29-20(15-30-27)14-25(32)23(12-17-3-7-21(31)11-17)19-6-10-26(24(13-19)18-4-5-18)36(34,35)22-8-9-22/h6,10,13,15-18,21-23,31,33H,3-5,7-9,11-12,14H2,1-2H3/t17-,21?,23+/m0/s1. The number of sulfone groups is 1. The fraction of sp³-hybridized carbons (Fsp3) is 0.607. The van der Waals surface area contributed by atoms with E-state index in [1.54, 1.807) is 26.1 Å². The average Bonchev–Trinajstić information content (AvgIpc) is 3.74. The first-order valence-electron chi connectivity index (χ1n) is 13.1. The smallest absolute Gasteiger partial charge is 0.181 e. The number of carbonyl (C=O) groups is 1. The lowest BCUT2D eigenvalue weighted by atomic mass is 9.83. The molecule has 1 aromatic carbocycles. The highest BCUT2D eigenvalue weighted by Crippen LogP contribution is 2.47. The second-order valence-electron chi connectivity index (χ2n) is 11.5. The van der Waals surface area contributed by atoms with E-state index in [2.05, 4.69) is 9.97 Å². The molecule has 0 bridgehead atoms. The minimum atomic E-state index is -3.32. The Bertz CT molecular complexity index is 1230. The van der Waals surface area contributed by atoms with Crippen LogP contribution in [0, 0.1) is 5.92 Å². The van der Waals surface area contributed by atoms with Crippen LogP contribution in [-0.4, -0.2) is 45.7 Å². The maximum absolute atomic E-state index is 13.7. The third-order valence-electron chi connectivity index (χ3n) is 7.88. The molecule has 1 aromatic heterocycles. The third-order valence-corrected chi connectivity index (χ3v) is 10.2. The molecule has 2 aromatic rings. The number of aliphatic hydroxyl groups is 2. The van der Waals surface area contributed by atoms with Crippen molar-refractivity contribution in [3.05, 3.63) is 53.1 Å². The van der Waals surface area contributed by atoms with Gasteiger partial charge in [-0.1, -0.05) is 12.1 Å². The minimum Gasteiger partial charge on any atom is -0.393 e. The fourth-order valence-electron chi connectivity index (χ4n) is 5.43. The molecule has 3 atom stereocenters. The van der Waals surface area contributed by atoms with E-state index in [4.69, 9.17) is 0 Å². The van der Waals surface area contributed by atoms with Crippen molar-refractivity contribution in [3.8, 4) is 0 Å². The van der Waals surface area contributed by atoms with E-state index in [0.717, 1.165) is 49.7 Å². The van der Waals surface area contributed by atoms with Crippen molar-refractivity contribution in [1.82, 2.24) is 9.97 Å². The van der Waals surface area contributed by atoms with E-state index in [9.17, 15) is 23.4 Å². The monoisotopic (exact) mass is 512 g/mol. The van der Waals surface area contributed by atoms with Gasteiger partial charge in [-0.15, -0.1) is 0 Å². The summed E-state index contributed by atoms with van der Waals surface area (Å²) in [6.45, 7) is 3.27. The van der Waals surface area contributed by atoms with Crippen molar-refractivity contribution in [2.75, 3.05) is 0 Å². The third kappa shape index (κ3) is 5.55. The van der Waals surface area contributed by atoms with Gasteiger partial charge >= 0.3 is 0 Å². The van der Waals surface area contributed by atoms with Gasteiger partial charge in [0.2, 0.25) is 0 Å². The number of ketones is 1. The van der Waals surface area contributed by atoms with Crippen LogP contribution < -0.4 is 0 Å². The van der Waals surface area contributed by atoms with Crippen molar-refractivity contribution in [2.45, 2.75) is 105 Å². The van der Waals surface area contributed by atoms with Gasteiger partial charge in [0.1, 0.15) is 11.4 Å². The highest BCUT2D eigenvalue weighted by molar-refractivity contribution is 7.92. The highest BCUT2D eigenvalue weighted by Gasteiger charge is 2.41. The first-order chi connectivity index (χ1) is 17.0. The van der Waals surface area contributed by atoms with E-state index < -0.39 is 21.4 Å². The minimum absolute atomic E-state index is 0.0150. The molecule has 0 radical (unpaired) electrons. The second-order valence-corrected chi connectivity index (χ2v) is 13.7. The summed E-state index contributed by atoms with van der Waals surface area (Å²) in [5, 5.41) is 19.9. The van der Waals surface area contributed by atoms with Gasteiger partial charge in [0, 0.05) is 12.1 Å². The normalized spacial score (nSPS) is 23.6. The Balaban J connectivity index is 1.44. The molecule has 3 aliphatic rings. The Morgan fingerprint density at radius 2 is 1.83 bits per heavy atom. The predicted molar refractivity (Wildman–Crippen MR) is 135 cm³/mol. The molecule has 3 saturated carbocycles. The maximum Gasteiger partial charge on any atom is 0.181 e. The van der Waals surface area contributed by atoms with Gasteiger partial charge < -0.3 is 10.2 Å². The van der Waals surface area contributed by atoms with Gasteiger partial charge in [-0.25, -0.2) is 8.42 Å². The number of hydrogen-bond acceptors (Lipinski definition) is 7. The zero-order valence-corrected chi connectivity index (χ0v) is 21.9. The summed E-state index contributed by atoms with van der Waals surface area (Å²) in [4.78, 5) is 22.8. The molecule has 0 amide bonds. The average molecular weight is 513 g/mol. The van der Waals surface area contributed by atoms with Crippen LogP contribution in [0.25, 0.3) is 0 Å². The summed E-state index contributed by atoms with van der Waals surface area (Å²) in [6, 6.07) is 5.54. The van der Waals surface area contributed by atoms with E-state index >= 15 is 0 Å². The predicted octanol–water partition coefficient (Wildman–Crippen LogP) is 3.96. The zero-order valence-electron chi connectivity index (χ0n) is 21.1. The molecule has 7 nitrogen and oxygen atoms in total. The number of rotatable bonds is 10. The van der Waals surface area contributed by atoms with Crippen molar-refractivity contribution >= 4 is 15.6 Å². The van der Waals surface area contributed by atoms with Crippen LogP contribution in [0.4, 0.5) is 0 Å². The van der Waals surface area contributed by atoms with Gasteiger partial charge in [-0.2, -0.15) is 0 Å². The van der Waals surface area contributed by atoms with E-state index in [0.29, 0.717) is 29.1 Å². The fourth-order valence-corrected chi connectivity index (χ4v) is 7.35. The van der Waals surface area contributed by atoms with Gasteiger partial charge in [-0.3, -0.25) is 14.8 Å². The molecule has 2 N–H and O–H groups in total. The topological polar surface area (TPSA) is 117 Å². The van der Waals surface area contributed by atoms with E-state index in [-0.39, 0.29) is 35.4 Å². The quantitative estimate of drug-likeness (QED) is 0.495. The molecule has 1 unspecified atom stereocenters. The van der Waals surface area contributed by atoms with Gasteiger partial charge in [0.25, 0.3) is 0 Å². The van der Waals surface area contributed by atoms with Crippen LogP contribution >= 0.6 is 0 Å². The van der Waals surface area contributed by atoms with Crippen molar-refractivity contribution in [1.29, 1.82) is 0 Å². The van der Waals surface area contributed by atoms with Gasteiger partial charge in [0.05, 0.1) is 40.3 Å². The molecule has 5 rings (SSSR count). The van der Waals surface area contributed by atoms with Crippen molar-refractivity contribution in [3.63, 3.8) is 0 Å². The van der Waals surface area contributed by atoms with Gasteiger partial charge in [-0.05, 0) is 94.2 Å². The number of benzene rings is 1. The van der Waals surface area contributed by atoms with E-state index in [1.165, 1.54) is 6.20 Å². The summed E-state index contributed by atoms with van der Waals surface area (Å²) >= 11 is 0.